The maximum Gasteiger partial charge on any atom is 0.310 e. The summed E-state index contributed by atoms with van der Waals surface area (Å²) >= 11 is 3.30. The summed E-state index contributed by atoms with van der Waals surface area (Å²) < 4.78 is 19.8. The van der Waals surface area contributed by atoms with Crippen LogP contribution >= 0.6 is 15.9 Å². The van der Waals surface area contributed by atoms with Gasteiger partial charge in [0.1, 0.15) is 11.4 Å². The molecule has 5 heteroatoms. The summed E-state index contributed by atoms with van der Waals surface area (Å²) in [5, 5.41) is 3.29. The molecule has 3 nitrogen and oxygen atoms in total. The van der Waals surface area contributed by atoms with Crippen molar-refractivity contribution in [3.63, 3.8) is 0 Å². The third kappa shape index (κ3) is 5.06. The van der Waals surface area contributed by atoms with Crippen LogP contribution in [0.2, 0.25) is 0 Å². The molecular formula is C17H23BrFNO2. The number of benzene rings is 1. The van der Waals surface area contributed by atoms with E-state index in [9.17, 15) is 9.18 Å². The highest BCUT2D eigenvalue weighted by atomic mass is 79.9. The van der Waals surface area contributed by atoms with Gasteiger partial charge in [-0.2, -0.15) is 0 Å². The van der Waals surface area contributed by atoms with Crippen LogP contribution in [-0.2, 0) is 16.0 Å². The maximum atomic E-state index is 13.6. The Morgan fingerprint density at radius 2 is 2.18 bits per heavy atom. The van der Waals surface area contributed by atoms with Gasteiger partial charge in [-0.3, -0.25) is 4.79 Å². The van der Waals surface area contributed by atoms with Crippen molar-refractivity contribution in [3.8, 4) is 0 Å². The lowest BCUT2D eigenvalue weighted by molar-refractivity contribution is -0.161. The van der Waals surface area contributed by atoms with Crippen molar-refractivity contribution >= 4 is 21.9 Å². The first kappa shape index (κ1) is 17.4. The van der Waals surface area contributed by atoms with Gasteiger partial charge >= 0.3 is 5.97 Å². The van der Waals surface area contributed by atoms with Crippen molar-refractivity contribution in [1.82, 2.24) is 5.32 Å². The van der Waals surface area contributed by atoms with Crippen molar-refractivity contribution in [1.29, 1.82) is 0 Å². The fraction of sp³-hybridized carbons (Fsp3) is 0.588. The summed E-state index contributed by atoms with van der Waals surface area (Å²) in [7, 11) is 0. The summed E-state index contributed by atoms with van der Waals surface area (Å²) in [5.74, 6) is -0.502. The molecule has 0 bridgehead atoms. The lowest BCUT2D eigenvalue weighted by Crippen LogP contribution is -2.34. The smallest absolute Gasteiger partial charge is 0.310 e. The molecule has 1 fully saturated rings. The van der Waals surface area contributed by atoms with Crippen molar-refractivity contribution in [2.45, 2.75) is 39.2 Å². The molecule has 2 rings (SSSR count). The Morgan fingerprint density at radius 1 is 1.45 bits per heavy atom. The zero-order valence-electron chi connectivity index (χ0n) is 13.3. The van der Waals surface area contributed by atoms with Gasteiger partial charge in [0.05, 0.1) is 5.92 Å². The molecule has 2 atom stereocenters. The van der Waals surface area contributed by atoms with E-state index in [0.717, 1.165) is 25.1 Å². The van der Waals surface area contributed by atoms with Crippen molar-refractivity contribution in [2.24, 2.45) is 11.8 Å². The molecule has 1 aliphatic rings. The number of carbonyl (C=O) groups excluding carboxylic acids is 1. The van der Waals surface area contributed by atoms with E-state index in [0.29, 0.717) is 10.9 Å². The highest BCUT2D eigenvalue weighted by Crippen LogP contribution is 2.27. The zero-order valence-corrected chi connectivity index (χ0v) is 14.9. The molecule has 1 aromatic rings. The molecule has 22 heavy (non-hydrogen) atoms. The van der Waals surface area contributed by atoms with Crippen LogP contribution in [0.4, 0.5) is 4.39 Å². The summed E-state index contributed by atoms with van der Waals surface area (Å²) in [4.78, 5) is 12.6. The van der Waals surface area contributed by atoms with Gasteiger partial charge in [-0.15, -0.1) is 0 Å². The van der Waals surface area contributed by atoms with Crippen LogP contribution in [0.5, 0.6) is 0 Å². The monoisotopic (exact) mass is 371 g/mol. The van der Waals surface area contributed by atoms with Crippen LogP contribution in [0.25, 0.3) is 0 Å². The molecule has 1 heterocycles. The molecule has 1 saturated heterocycles. The highest BCUT2D eigenvalue weighted by molar-refractivity contribution is 9.10. The molecule has 0 radical (unpaired) electrons. The van der Waals surface area contributed by atoms with E-state index in [1.54, 1.807) is 0 Å². The minimum Gasteiger partial charge on any atom is -0.460 e. The van der Waals surface area contributed by atoms with Gasteiger partial charge < -0.3 is 10.1 Å². The fourth-order valence-corrected chi connectivity index (χ4v) is 3.34. The van der Waals surface area contributed by atoms with E-state index in [1.807, 2.05) is 26.8 Å². The molecule has 1 aromatic carbocycles. The van der Waals surface area contributed by atoms with Crippen molar-refractivity contribution < 1.29 is 13.9 Å². The maximum absolute atomic E-state index is 13.6. The first-order chi connectivity index (χ1) is 10.2. The van der Waals surface area contributed by atoms with E-state index in [-0.39, 0.29) is 23.6 Å². The van der Waals surface area contributed by atoms with Crippen molar-refractivity contribution in [2.75, 3.05) is 13.1 Å². The number of hydrogen-bond acceptors (Lipinski definition) is 3. The largest absolute Gasteiger partial charge is 0.460 e. The second kappa shape index (κ2) is 7.09. The molecule has 1 aliphatic heterocycles. The van der Waals surface area contributed by atoms with Gasteiger partial charge in [-0.25, -0.2) is 4.39 Å². The third-order valence-corrected chi connectivity index (χ3v) is 4.21. The number of ether oxygens (including phenoxy) is 1. The number of carbonyl (C=O) groups is 1. The lowest BCUT2D eigenvalue weighted by Gasteiger charge is -2.27. The molecule has 0 saturated carbocycles. The second-order valence-electron chi connectivity index (χ2n) is 6.87. The molecule has 0 amide bonds. The van der Waals surface area contributed by atoms with Gasteiger partial charge in [0.2, 0.25) is 0 Å². The summed E-state index contributed by atoms with van der Waals surface area (Å²) in [6.07, 6.45) is 1.44. The fourth-order valence-electron chi connectivity index (χ4n) is 2.82. The number of nitrogens with one attached hydrogen (secondary N) is 1. The number of rotatable bonds is 4. The van der Waals surface area contributed by atoms with E-state index in [4.69, 9.17) is 4.74 Å². The Kier molecular flexibility index (Phi) is 5.61. The topological polar surface area (TPSA) is 38.3 Å². The Bertz CT molecular complexity index is 516. The lowest BCUT2D eigenvalue weighted by atomic mass is 9.86. The number of esters is 1. The van der Waals surface area contributed by atoms with Crippen LogP contribution < -0.4 is 5.32 Å². The van der Waals surface area contributed by atoms with Gasteiger partial charge in [-0.1, -0.05) is 15.9 Å². The standard InChI is InChI=1S/C17H23BrFNO2/c1-17(2,3)22-16(21)15(12-4-5-20-10-12)8-11-6-13(18)9-14(19)7-11/h6-7,9,12,15,20H,4-5,8,10H2,1-3H3/t12-,15?/m0/s1. The summed E-state index contributed by atoms with van der Waals surface area (Å²) in [6.45, 7) is 7.33. The molecule has 122 valence electrons. The highest BCUT2D eigenvalue weighted by Gasteiger charge is 2.34. The average molecular weight is 372 g/mol. The quantitative estimate of drug-likeness (QED) is 0.820. The van der Waals surface area contributed by atoms with E-state index < -0.39 is 5.60 Å². The van der Waals surface area contributed by atoms with Crippen LogP contribution in [0.15, 0.2) is 22.7 Å². The van der Waals surface area contributed by atoms with Crippen LogP contribution in [0.1, 0.15) is 32.8 Å². The normalized spacial score (nSPS) is 20.0. The van der Waals surface area contributed by atoms with Gasteiger partial charge in [0.15, 0.2) is 0 Å². The van der Waals surface area contributed by atoms with Gasteiger partial charge in [0.25, 0.3) is 0 Å². The summed E-state index contributed by atoms with van der Waals surface area (Å²) in [6, 6.07) is 4.77. The first-order valence-corrected chi connectivity index (χ1v) is 8.42. The van der Waals surface area contributed by atoms with Crippen LogP contribution in [-0.4, -0.2) is 24.7 Å². The zero-order chi connectivity index (χ0) is 16.3. The molecule has 0 spiro atoms. The van der Waals surface area contributed by atoms with E-state index >= 15 is 0 Å². The SMILES string of the molecule is CC(C)(C)OC(=O)C(Cc1cc(F)cc(Br)c1)[C@H]1CCNC1. The van der Waals surface area contributed by atoms with Gasteiger partial charge in [-0.05, 0) is 76.4 Å². The Labute approximate surface area is 139 Å². The Balaban J connectivity index is 2.18. The average Bonchev–Trinajstić information content (AvgIpc) is 2.85. The first-order valence-electron chi connectivity index (χ1n) is 7.63. The minimum atomic E-state index is -0.510. The van der Waals surface area contributed by atoms with E-state index in [2.05, 4.69) is 21.2 Å². The molecule has 0 aliphatic carbocycles. The van der Waals surface area contributed by atoms with Crippen molar-refractivity contribution in [3.05, 3.63) is 34.1 Å². The molecule has 0 aromatic heterocycles. The molecule has 1 unspecified atom stereocenters. The van der Waals surface area contributed by atoms with E-state index in [1.165, 1.54) is 12.1 Å². The molecule has 1 N–H and O–H groups in total. The predicted molar refractivity (Wildman–Crippen MR) is 88.1 cm³/mol. The Hall–Kier alpha value is -0.940. The van der Waals surface area contributed by atoms with Crippen LogP contribution in [0, 0.1) is 17.7 Å². The third-order valence-electron chi connectivity index (χ3n) is 3.75. The number of hydrogen-bond donors (Lipinski definition) is 1. The second-order valence-corrected chi connectivity index (χ2v) is 7.79. The van der Waals surface area contributed by atoms with Crippen LogP contribution in [0.3, 0.4) is 0 Å². The summed E-state index contributed by atoms with van der Waals surface area (Å²) in [5.41, 5.74) is 0.304. The minimum absolute atomic E-state index is 0.193. The predicted octanol–water partition coefficient (Wildman–Crippen LogP) is 3.70. The number of halogens is 2. The van der Waals surface area contributed by atoms with Gasteiger partial charge in [0, 0.05) is 4.47 Å². The Morgan fingerprint density at radius 3 is 2.73 bits per heavy atom. The molecular weight excluding hydrogens is 349 g/mol.